The van der Waals surface area contributed by atoms with Crippen molar-refractivity contribution in [3.63, 3.8) is 0 Å². The lowest BCUT2D eigenvalue weighted by atomic mass is 10.1. The summed E-state index contributed by atoms with van der Waals surface area (Å²) in [4.78, 5) is 7.43. The first-order chi connectivity index (χ1) is 8.45. The Morgan fingerprint density at radius 1 is 1.39 bits per heavy atom. The largest absolute Gasteiger partial charge is 0.463 e. The molecule has 1 atom stereocenters. The third-order valence-corrected chi connectivity index (χ3v) is 2.61. The van der Waals surface area contributed by atoms with Gasteiger partial charge >= 0.3 is 6.18 Å². The van der Waals surface area contributed by atoms with Crippen molar-refractivity contribution in [2.75, 3.05) is 6.61 Å². The Labute approximate surface area is 102 Å². The Bertz CT molecular complexity index is 442. The van der Waals surface area contributed by atoms with E-state index in [4.69, 9.17) is 10.5 Å². The maximum Gasteiger partial charge on any atom is 0.433 e. The van der Waals surface area contributed by atoms with Crippen molar-refractivity contribution in [2.24, 2.45) is 10.7 Å². The Balaban J connectivity index is 1.91. The maximum atomic E-state index is 12.3. The fourth-order valence-corrected chi connectivity index (χ4v) is 1.66. The second kappa shape index (κ2) is 4.83. The van der Waals surface area contributed by atoms with E-state index in [0.29, 0.717) is 19.4 Å². The number of hydrogen-bond acceptors (Lipinski definition) is 4. The number of aliphatic imine (C=N–C) groups is 1. The van der Waals surface area contributed by atoms with E-state index in [0.717, 1.165) is 11.6 Å². The smallest absolute Gasteiger partial charge is 0.433 e. The van der Waals surface area contributed by atoms with E-state index in [1.807, 2.05) is 0 Å². The third-order valence-electron chi connectivity index (χ3n) is 2.61. The SMILES string of the molecule is NC1=N[C@@H](CCc2ccc(C(F)(F)F)nc2)CO1. The molecule has 0 unspecified atom stereocenters. The summed E-state index contributed by atoms with van der Waals surface area (Å²) in [5.41, 5.74) is 5.21. The maximum absolute atomic E-state index is 12.3. The molecule has 0 spiro atoms. The molecule has 0 aromatic carbocycles. The molecule has 7 heteroatoms. The van der Waals surface area contributed by atoms with Gasteiger partial charge in [-0.3, -0.25) is 4.98 Å². The Morgan fingerprint density at radius 2 is 2.17 bits per heavy atom. The zero-order valence-electron chi connectivity index (χ0n) is 9.44. The van der Waals surface area contributed by atoms with Crippen LogP contribution in [0.5, 0.6) is 0 Å². The summed E-state index contributed by atoms with van der Waals surface area (Å²) >= 11 is 0. The molecule has 0 aliphatic carbocycles. The third kappa shape index (κ3) is 3.12. The van der Waals surface area contributed by atoms with Crippen LogP contribution in [0, 0.1) is 0 Å². The van der Waals surface area contributed by atoms with Gasteiger partial charge in [0.15, 0.2) is 0 Å². The molecule has 0 fully saturated rings. The molecule has 0 amide bonds. The molecule has 4 nitrogen and oxygen atoms in total. The standard InChI is InChI=1S/C11H12F3N3O/c12-11(13,14)9-4-2-7(5-16-9)1-3-8-6-18-10(15)17-8/h2,4-5,8H,1,3,6H2,(H2,15,17)/t8-/m0/s1. The number of rotatable bonds is 3. The predicted octanol–water partition coefficient (Wildman–Crippen LogP) is 1.75. The van der Waals surface area contributed by atoms with Gasteiger partial charge in [-0.15, -0.1) is 0 Å². The van der Waals surface area contributed by atoms with Crippen LogP contribution >= 0.6 is 0 Å². The van der Waals surface area contributed by atoms with E-state index in [9.17, 15) is 13.2 Å². The van der Waals surface area contributed by atoms with Gasteiger partial charge in [0, 0.05) is 6.20 Å². The molecular formula is C11H12F3N3O. The summed E-state index contributed by atoms with van der Waals surface area (Å²) in [5, 5.41) is 0. The molecule has 1 aromatic heterocycles. The van der Waals surface area contributed by atoms with E-state index < -0.39 is 11.9 Å². The number of alkyl halides is 3. The highest BCUT2D eigenvalue weighted by molar-refractivity contribution is 5.72. The summed E-state index contributed by atoms with van der Waals surface area (Å²) in [6, 6.07) is 2.56. The minimum atomic E-state index is -4.39. The minimum Gasteiger partial charge on any atom is -0.463 e. The number of amidine groups is 1. The van der Waals surface area contributed by atoms with Gasteiger partial charge in [-0.1, -0.05) is 6.07 Å². The summed E-state index contributed by atoms with van der Waals surface area (Å²) in [5.74, 6) is 0. The summed E-state index contributed by atoms with van der Waals surface area (Å²) < 4.78 is 41.8. The number of aromatic nitrogens is 1. The Morgan fingerprint density at radius 3 is 2.67 bits per heavy atom. The number of ether oxygens (including phenoxy) is 1. The van der Waals surface area contributed by atoms with Gasteiger partial charge in [0.2, 0.25) is 0 Å². The number of hydrogen-bond donors (Lipinski definition) is 1. The molecule has 1 aliphatic heterocycles. The van der Waals surface area contributed by atoms with Gasteiger partial charge in [-0.05, 0) is 24.5 Å². The fraction of sp³-hybridized carbons (Fsp3) is 0.455. The molecule has 18 heavy (non-hydrogen) atoms. The summed E-state index contributed by atoms with van der Waals surface area (Å²) in [6.07, 6.45) is -1.88. The van der Waals surface area contributed by atoms with E-state index >= 15 is 0 Å². The number of nitrogens with zero attached hydrogens (tertiary/aromatic N) is 2. The quantitative estimate of drug-likeness (QED) is 0.899. The molecule has 0 radical (unpaired) electrons. The fourth-order valence-electron chi connectivity index (χ4n) is 1.66. The summed E-state index contributed by atoms with van der Waals surface area (Å²) in [7, 11) is 0. The normalized spacial score (nSPS) is 19.5. The molecule has 1 aromatic rings. The van der Waals surface area contributed by atoms with Crippen molar-refractivity contribution in [1.82, 2.24) is 4.98 Å². The highest BCUT2D eigenvalue weighted by atomic mass is 19.4. The van der Waals surface area contributed by atoms with Crippen molar-refractivity contribution < 1.29 is 17.9 Å². The van der Waals surface area contributed by atoms with Crippen molar-refractivity contribution in [1.29, 1.82) is 0 Å². The zero-order chi connectivity index (χ0) is 13.2. The van der Waals surface area contributed by atoms with Crippen LogP contribution in [-0.4, -0.2) is 23.7 Å². The second-order valence-electron chi connectivity index (χ2n) is 4.02. The van der Waals surface area contributed by atoms with Crippen molar-refractivity contribution >= 4 is 6.02 Å². The Hall–Kier alpha value is -1.79. The van der Waals surface area contributed by atoms with E-state index in [-0.39, 0.29) is 12.1 Å². The van der Waals surface area contributed by atoms with E-state index in [2.05, 4.69) is 9.98 Å². The summed E-state index contributed by atoms with van der Waals surface area (Å²) in [6.45, 7) is 0.430. The van der Waals surface area contributed by atoms with E-state index in [1.54, 1.807) is 0 Å². The Kier molecular flexibility index (Phi) is 3.40. The molecule has 0 saturated heterocycles. The van der Waals surface area contributed by atoms with Gasteiger partial charge in [0.25, 0.3) is 6.02 Å². The van der Waals surface area contributed by atoms with Crippen LogP contribution in [0.3, 0.4) is 0 Å². The monoisotopic (exact) mass is 259 g/mol. The average Bonchev–Trinajstić information content (AvgIpc) is 2.72. The van der Waals surface area contributed by atoms with Crippen LogP contribution in [0.2, 0.25) is 0 Å². The van der Waals surface area contributed by atoms with Crippen LogP contribution in [0.4, 0.5) is 13.2 Å². The number of aryl methyl sites for hydroxylation is 1. The molecule has 2 N–H and O–H groups in total. The van der Waals surface area contributed by atoms with Gasteiger partial charge in [0.1, 0.15) is 12.3 Å². The van der Waals surface area contributed by atoms with Crippen molar-refractivity contribution in [3.05, 3.63) is 29.6 Å². The van der Waals surface area contributed by atoms with Gasteiger partial charge < -0.3 is 10.5 Å². The average molecular weight is 259 g/mol. The lowest BCUT2D eigenvalue weighted by Gasteiger charge is -2.07. The topological polar surface area (TPSA) is 60.5 Å². The van der Waals surface area contributed by atoms with Gasteiger partial charge in [-0.2, -0.15) is 13.2 Å². The molecule has 1 aliphatic rings. The van der Waals surface area contributed by atoms with Gasteiger partial charge in [0.05, 0.1) is 6.04 Å². The zero-order valence-corrected chi connectivity index (χ0v) is 9.44. The molecule has 2 heterocycles. The molecule has 2 rings (SSSR count). The second-order valence-corrected chi connectivity index (χ2v) is 4.02. The van der Waals surface area contributed by atoms with E-state index in [1.165, 1.54) is 12.3 Å². The molecule has 98 valence electrons. The lowest BCUT2D eigenvalue weighted by molar-refractivity contribution is -0.141. The predicted molar refractivity (Wildman–Crippen MR) is 58.9 cm³/mol. The van der Waals surface area contributed by atoms with Crippen molar-refractivity contribution in [2.45, 2.75) is 25.1 Å². The first-order valence-corrected chi connectivity index (χ1v) is 5.43. The van der Waals surface area contributed by atoms with Crippen molar-refractivity contribution in [3.8, 4) is 0 Å². The van der Waals surface area contributed by atoms with Crippen LogP contribution in [-0.2, 0) is 17.3 Å². The number of nitrogens with two attached hydrogens (primary N) is 1. The van der Waals surface area contributed by atoms with Crippen LogP contribution in [0.15, 0.2) is 23.3 Å². The first kappa shape index (κ1) is 12.7. The van der Waals surface area contributed by atoms with Crippen LogP contribution in [0.1, 0.15) is 17.7 Å². The lowest BCUT2D eigenvalue weighted by Crippen LogP contribution is -2.10. The highest BCUT2D eigenvalue weighted by Crippen LogP contribution is 2.27. The van der Waals surface area contributed by atoms with Crippen LogP contribution < -0.4 is 5.73 Å². The first-order valence-electron chi connectivity index (χ1n) is 5.43. The molecule has 0 saturated carbocycles. The molecule has 0 bridgehead atoms. The van der Waals surface area contributed by atoms with Crippen LogP contribution in [0.25, 0.3) is 0 Å². The minimum absolute atomic E-state index is 0.0210. The number of halogens is 3. The van der Waals surface area contributed by atoms with Gasteiger partial charge in [-0.25, -0.2) is 4.99 Å². The number of pyridine rings is 1. The molecular weight excluding hydrogens is 247 g/mol. The highest BCUT2D eigenvalue weighted by Gasteiger charge is 2.32.